The minimum absolute atomic E-state index is 0.101. The lowest BCUT2D eigenvalue weighted by Crippen LogP contribution is -2.44. The summed E-state index contributed by atoms with van der Waals surface area (Å²) in [5.74, 6) is -0.610. The Hall–Kier alpha value is -3.43. The number of piperidine rings is 1. The van der Waals surface area contributed by atoms with E-state index in [0.717, 1.165) is 10.8 Å². The molecule has 5 rings (SSSR count). The number of carbonyl (C=O) groups excluding carboxylic acids is 2. The van der Waals surface area contributed by atoms with E-state index in [-0.39, 0.29) is 23.3 Å². The monoisotopic (exact) mass is 493 g/mol. The molecule has 0 unspecified atom stereocenters. The van der Waals surface area contributed by atoms with Gasteiger partial charge in [-0.15, -0.1) is 0 Å². The van der Waals surface area contributed by atoms with E-state index in [1.165, 1.54) is 10.4 Å². The van der Waals surface area contributed by atoms with E-state index < -0.39 is 22.0 Å². The first kappa shape index (κ1) is 23.3. The Morgan fingerprint density at radius 3 is 2.74 bits per heavy atom. The number of anilines is 2. The van der Waals surface area contributed by atoms with Crippen molar-refractivity contribution in [2.75, 3.05) is 23.7 Å². The zero-order chi connectivity index (χ0) is 24.7. The van der Waals surface area contributed by atoms with Crippen molar-refractivity contribution < 1.29 is 22.7 Å². The van der Waals surface area contributed by atoms with Gasteiger partial charge in [0.1, 0.15) is 5.75 Å². The average molecular weight is 494 g/mol. The first-order chi connectivity index (χ1) is 16.7. The third-order valence-electron chi connectivity index (χ3n) is 6.63. The van der Waals surface area contributed by atoms with Crippen molar-refractivity contribution in [1.29, 1.82) is 0 Å². The summed E-state index contributed by atoms with van der Waals surface area (Å²) in [7, 11) is -3.87. The lowest BCUT2D eigenvalue weighted by molar-refractivity contribution is -0.123. The Morgan fingerprint density at radius 2 is 1.91 bits per heavy atom. The van der Waals surface area contributed by atoms with Gasteiger partial charge < -0.3 is 15.4 Å². The number of aryl methyl sites for hydroxylation is 1. The highest BCUT2D eigenvalue weighted by Crippen LogP contribution is 2.36. The van der Waals surface area contributed by atoms with E-state index in [1.54, 1.807) is 19.9 Å². The standard InChI is InChI=1S/C26H27N3O5S/c1-16-13-22-23(34-17(2)25(30)28-22)14-24(16)35(32,33)29-12-6-9-19(15-29)26(31)27-21-11-5-8-18-7-3-4-10-20(18)21/h3-5,7-8,10-11,13-14,17,19H,6,9,12,15H2,1-2H3,(H,27,31)(H,28,30)/t17-,19-/m1/s1. The molecular formula is C26H27N3O5S. The first-order valence-corrected chi connectivity index (χ1v) is 13.1. The maximum atomic E-state index is 13.6. The summed E-state index contributed by atoms with van der Waals surface area (Å²) in [6, 6.07) is 16.6. The van der Waals surface area contributed by atoms with Gasteiger partial charge in [0, 0.05) is 30.2 Å². The zero-order valence-electron chi connectivity index (χ0n) is 19.6. The molecule has 1 saturated heterocycles. The maximum absolute atomic E-state index is 13.6. The molecular weight excluding hydrogens is 466 g/mol. The molecule has 0 radical (unpaired) electrons. The zero-order valence-corrected chi connectivity index (χ0v) is 20.4. The van der Waals surface area contributed by atoms with Crippen LogP contribution in [0.2, 0.25) is 0 Å². The Labute approximate surface area is 204 Å². The quantitative estimate of drug-likeness (QED) is 0.574. The molecule has 3 aromatic rings. The Bertz CT molecular complexity index is 1430. The number of rotatable bonds is 4. The minimum Gasteiger partial charge on any atom is -0.479 e. The molecule has 0 spiro atoms. The van der Waals surface area contributed by atoms with Gasteiger partial charge in [0.2, 0.25) is 15.9 Å². The van der Waals surface area contributed by atoms with E-state index in [4.69, 9.17) is 4.74 Å². The summed E-state index contributed by atoms with van der Waals surface area (Å²) in [5, 5.41) is 7.71. The summed E-state index contributed by atoms with van der Waals surface area (Å²) in [5.41, 5.74) is 1.67. The average Bonchev–Trinajstić information content (AvgIpc) is 2.85. The topological polar surface area (TPSA) is 105 Å². The van der Waals surface area contributed by atoms with Crippen LogP contribution in [0.25, 0.3) is 10.8 Å². The highest BCUT2D eigenvalue weighted by atomic mass is 32.2. The number of sulfonamides is 1. The molecule has 9 heteroatoms. The van der Waals surface area contributed by atoms with Crippen LogP contribution in [0.15, 0.2) is 59.5 Å². The normalized spacial score (nSPS) is 20.6. The number of benzene rings is 3. The van der Waals surface area contributed by atoms with Gasteiger partial charge in [0.05, 0.1) is 16.5 Å². The number of carbonyl (C=O) groups is 2. The molecule has 2 atom stereocenters. The van der Waals surface area contributed by atoms with Gasteiger partial charge in [-0.05, 0) is 49.8 Å². The summed E-state index contributed by atoms with van der Waals surface area (Å²) in [4.78, 5) is 25.2. The van der Waals surface area contributed by atoms with Crippen LogP contribution in [-0.2, 0) is 19.6 Å². The summed E-state index contributed by atoms with van der Waals surface area (Å²) >= 11 is 0. The number of hydrogen-bond acceptors (Lipinski definition) is 5. The van der Waals surface area contributed by atoms with Crippen LogP contribution < -0.4 is 15.4 Å². The van der Waals surface area contributed by atoms with Gasteiger partial charge in [-0.1, -0.05) is 36.4 Å². The van der Waals surface area contributed by atoms with E-state index in [0.29, 0.717) is 42.1 Å². The van der Waals surface area contributed by atoms with E-state index in [9.17, 15) is 18.0 Å². The number of hydrogen-bond donors (Lipinski definition) is 2. The minimum atomic E-state index is -3.87. The molecule has 2 heterocycles. The number of ether oxygens (including phenoxy) is 1. The van der Waals surface area contributed by atoms with Gasteiger partial charge in [-0.3, -0.25) is 9.59 Å². The number of fused-ring (bicyclic) bond motifs is 2. The summed E-state index contributed by atoms with van der Waals surface area (Å²) in [6.45, 7) is 3.73. The molecule has 8 nitrogen and oxygen atoms in total. The molecule has 2 N–H and O–H groups in total. The van der Waals surface area contributed by atoms with Gasteiger partial charge in [-0.25, -0.2) is 8.42 Å². The van der Waals surface area contributed by atoms with E-state index >= 15 is 0 Å². The van der Waals surface area contributed by atoms with Crippen LogP contribution in [0, 0.1) is 12.8 Å². The number of nitrogens with zero attached hydrogens (tertiary/aromatic N) is 1. The fourth-order valence-electron chi connectivity index (χ4n) is 4.70. The smallest absolute Gasteiger partial charge is 0.265 e. The maximum Gasteiger partial charge on any atom is 0.265 e. The molecule has 182 valence electrons. The molecule has 2 aliphatic rings. The van der Waals surface area contributed by atoms with Crippen molar-refractivity contribution >= 4 is 44.0 Å². The van der Waals surface area contributed by atoms with Crippen molar-refractivity contribution in [3.8, 4) is 5.75 Å². The van der Waals surface area contributed by atoms with Crippen LogP contribution >= 0.6 is 0 Å². The molecule has 2 amide bonds. The van der Waals surface area contributed by atoms with E-state index in [2.05, 4.69) is 10.6 Å². The van der Waals surface area contributed by atoms with Crippen LogP contribution in [0.4, 0.5) is 11.4 Å². The molecule has 3 aromatic carbocycles. The third-order valence-corrected chi connectivity index (χ3v) is 8.64. The molecule has 0 aliphatic carbocycles. The number of nitrogens with one attached hydrogen (secondary N) is 2. The lowest BCUT2D eigenvalue weighted by atomic mass is 9.98. The highest BCUT2D eigenvalue weighted by molar-refractivity contribution is 7.89. The first-order valence-electron chi connectivity index (χ1n) is 11.6. The van der Waals surface area contributed by atoms with Crippen molar-refractivity contribution in [2.45, 2.75) is 37.7 Å². The third kappa shape index (κ3) is 4.37. The second kappa shape index (κ2) is 8.98. The van der Waals surface area contributed by atoms with Gasteiger partial charge in [0.25, 0.3) is 5.91 Å². The molecule has 0 bridgehead atoms. The van der Waals surface area contributed by atoms with Crippen molar-refractivity contribution in [3.63, 3.8) is 0 Å². The van der Waals surface area contributed by atoms with Crippen LogP contribution in [-0.4, -0.2) is 43.7 Å². The molecule has 35 heavy (non-hydrogen) atoms. The molecule has 2 aliphatic heterocycles. The Morgan fingerprint density at radius 1 is 1.14 bits per heavy atom. The fraction of sp³-hybridized carbons (Fsp3) is 0.308. The lowest BCUT2D eigenvalue weighted by Gasteiger charge is -2.32. The number of amides is 2. The SMILES string of the molecule is Cc1cc2c(cc1S(=O)(=O)N1CCC[C@@H](C(=O)Nc3cccc4ccccc34)C1)O[C@H](C)C(=O)N2. The van der Waals surface area contributed by atoms with Crippen LogP contribution in [0.5, 0.6) is 5.75 Å². The predicted octanol–water partition coefficient (Wildman–Crippen LogP) is 3.91. The Kier molecular flexibility index (Phi) is 5.98. The highest BCUT2D eigenvalue weighted by Gasteiger charge is 2.35. The van der Waals surface area contributed by atoms with Crippen LogP contribution in [0.3, 0.4) is 0 Å². The molecule has 0 aromatic heterocycles. The van der Waals surface area contributed by atoms with Crippen molar-refractivity contribution in [2.24, 2.45) is 5.92 Å². The predicted molar refractivity (Wildman–Crippen MR) is 134 cm³/mol. The van der Waals surface area contributed by atoms with Crippen LogP contribution in [0.1, 0.15) is 25.3 Å². The molecule has 1 fully saturated rings. The summed E-state index contributed by atoms with van der Waals surface area (Å²) < 4.78 is 34.2. The van der Waals surface area contributed by atoms with Crippen molar-refractivity contribution in [1.82, 2.24) is 4.31 Å². The molecule has 0 saturated carbocycles. The second-order valence-corrected chi connectivity index (χ2v) is 11.0. The van der Waals surface area contributed by atoms with Gasteiger partial charge in [0.15, 0.2) is 6.10 Å². The second-order valence-electron chi connectivity index (χ2n) is 9.08. The Balaban J connectivity index is 1.37. The van der Waals surface area contributed by atoms with Gasteiger partial charge in [-0.2, -0.15) is 4.31 Å². The largest absolute Gasteiger partial charge is 0.479 e. The summed E-state index contributed by atoms with van der Waals surface area (Å²) in [6.07, 6.45) is 0.483. The van der Waals surface area contributed by atoms with Crippen molar-refractivity contribution in [3.05, 3.63) is 60.2 Å². The van der Waals surface area contributed by atoms with Gasteiger partial charge >= 0.3 is 0 Å². The fourth-order valence-corrected chi connectivity index (χ4v) is 6.45. The van der Waals surface area contributed by atoms with E-state index in [1.807, 2.05) is 42.5 Å².